The molecular weight excluding hydrogens is 214 g/mol. The normalized spacial score (nSPS) is 11.9. The monoisotopic (exact) mass is 231 g/mol. The van der Waals surface area contributed by atoms with Crippen LogP contribution in [0, 0.1) is 0 Å². The second-order valence-electron chi connectivity index (χ2n) is 3.60. The molecule has 0 aliphatic rings. The van der Waals surface area contributed by atoms with Crippen LogP contribution >= 0.6 is 0 Å². The van der Waals surface area contributed by atoms with Gasteiger partial charge in [0, 0.05) is 31.1 Å². The van der Waals surface area contributed by atoms with Crippen molar-refractivity contribution >= 4 is 9.84 Å². The highest BCUT2D eigenvalue weighted by Crippen LogP contribution is 2.02. The topological polar surface area (TPSA) is 78.0 Å². The molecular formula is C9H17N3O2S. The standard InChI is InChI=1S/C9H17N3O2S/c1-15(13,14)6-2-5-12-8-11-7-9(12)3-4-10/h7-8H,2-6,10H2,1H3. The molecule has 0 amide bonds. The van der Waals surface area contributed by atoms with Crippen LogP contribution in [0.2, 0.25) is 0 Å². The molecule has 0 aromatic carbocycles. The largest absolute Gasteiger partial charge is 0.335 e. The second kappa shape index (κ2) is 5.27. The Balaban J connectivity index is 2.47. The minimum Gasteiger partial charge on any atom is -0.335 e. The Morgan fingerprint density at radius 3 is 2.87 bits per heavy atom. The predicted molar refractivity (Wildman–Crippen MR) is 59.3 cm³/mol. The van der Waals surface area contributed by atoms with E-state index in [2.05, 4.69) is 4.98 Å². The van der Waals surface area contributed by atoms with Crippen LogP contribution in [0.15, 0.2) is 12.5 Å². The highest BCUT2D eigenvalue weighted by molar-refractivity contribution is 7.90. The summed E-state index contributed by atoms with van der Waals surface area (Å²) < 4.78 is 23.8. The molecule has 0 bridgehead atoms. The van der Waals surface area contributed by atoms with Gasteiger partial charge in [-0.2, -0.15) is 0 Å². The average Bonchev–Trinajstić information content (AvgIpc) is 2.51. The zero-order chi connectivity index (χ0) is 11.3. The van der Waals surface area contributed by atoms with E-state index in [9.17, 15) is 8.42 Å². The van der Waals surface area contributed by atoms with Crippen LogP contribution in [0.25, 0.3) is 0 Å². The van der Waals surface area contributed by atoms with E-state index in [0.29, 0.717) is 19.5 Å². The van der Waals surface area contributed by atoms with Crippen LogP contribution in [0.5, 0.6) is 0 Å². The number of hydrogen-bond donors (Lipinski definition) is 1. The van der Waals surface area contributed by atoms with Gasteiger partial charge in [-0.05, 0) is 13.0 Å². The van der Waals surface area contributed by atoms with Crippen molar-refractivity contribution < 1.29 is 8.42 Å². The first kappa shape index (κ1) is 12.2. The van der Waals surface area contributed by atoms with E-state index in [1.807, 2.05) is 4.57 Å². The Morgan fingerprint density at radius 2 is 2.27 bits per heavy atom. The summed E-state index contributed by atoms with van der Waals surface area (Å²) in [4.78, 5) is 4.01. The van der Waals surface area contributed by atoms with Crippen molar-refractivity contribution in [1.82, 2.24) is 9.55 Å². The Kier molecular flexibility index (Phi) is 4.28. The third kappa shape index (κ3) is 4.44. The molecule has 1 rings (SSSR count). The number of aromatic nitrogens is 2. The fraction of sp³-hybridized carbons (Fsp3) is 0.667. The van der Waals surface area contributed by atoms with Crippen molar-refractivity contribution in [3.63, 3.8) is 0 Å². The maximum absolute atomic E-state index is 10.9. The molecule has 0 saturated heterocycles. The Hall–Kier alpha value is -0.880. The van der Waals surface area contributed by atoms with Crippen molar-refractivity contribution in [2.45, 2.75) is 19.4 Å². The smallest absolute Gasteiger partial charge is 0.147 e. The molecule has 0 atom stereocenters. The van der Waals surface area contributed by atoms with E-state index >= 15 is 0 Å². The number of nitrogens with two attached hydrogens (primary N) is 1. The molecule has 2 N–H and O–H groups in total. The number of sulfone groups is 1. The Labute approximate surface area is 90.2 Å². The molecule has 86 valence electrons. The maximum Gasteiger partial charge on any atom is 0.147 e. The minimum atomic E-state index is -2.86. The first-order chi connectivity index (χ1) is 7.03. The van der Waals surface area contributed by atoms with E-state index in [1.165, 1.54) is 6.26 Å². The highest BCUT2D eigenvalue weighted by atomic mass is 32.2. The van der Waals surface area contributed by atoms with Crippen molar-refractivity contribution in [2.75, 3.05) is 18.6 Å². The molecule has 0 spiro atoms. The first-order valence-corrected chi connectivity index (χ1v) is 6.96. The van der Waals surface area contributed by atoms with Gasteiger partial charge in [0.05, 0.1) is 12.1 Å². The maximum atomic E-state index is 10.9. The Bertz CT molecular complexity index is 397. The molecule has 0 radical (unpaired) electrons. The third-order valence-electron chi connectivity index (χ3n) is 2.11. The molecule has 1 heterocycles. The highest BCUT2D eigenvalue weighted by Gasteiger charge is 2.04. The van der Waals surface area contributed by atoms with Crippen molar-refractivity contribution in [2.24, 2.45) is 5.73 Å². The fourth-order valence-corrected chi connectivity index (χ4v) is 2.06. The second-order valence-corrected chi connectivity index (χ2v) is 5.86. The van der Waals surface area contributed by atoms with E-state index < -0.39 is 9.84 Å². The van der Waals surface area contributed by atoms with E-state index in [1.54, 1.807) is 12.5 Å². The van der Waals surface area contributed by atoms with Crippen LogP contribution in [-0.2, 0) is 22.8 Å². The van der Waals surface area contributed by atoms with Crippen LogP contribution in [-0.4, -0.2) is 36.5 Å². The summed E-state index contributed by atoms with van der Waals surface area (Å²) in [5.74, 6) is 0.216. The average molecular weight is 231 g/mol. The summed E-state index contributed by atoms with van der Waals surface area (Å²) in [7, 11) is -2.86. The molecule has 5 nitrogen and oxygen atoms in total. The van der Waals surface area contributed by atoms with Gasteiger partial charge < -0.3 is 10.3 Å². The summed E-state index contributed by atoms with van der Waals surface area (Å²) in [6.07, 6.45) is 6.13. The van der Waals surface area contributed by atoms with Gasteiger partial charge in [0.2, 0.25) is 0 Å². The molecule has 0 fully saturated rings. The van der Waals surface area contributed by atoms with E-state index in [-0.39, 0.29) is 5.75 Å². The van der Waals surface area contributed by atoms with Gasteiger partial charge >= 0.3 is 0 Å². The number of aryl methyl sites for hydroxylation is 1. The molecule has 0 saturated carbocycles. The van der Waals surface area contributed by atoms with Crippen molar-refractivity contribution in [3.05, 3.63) is 18.2 Å². The van der Waals surface area contributed by atoms with Gasteiger partial charge in [0.15, 0.2) is 0 Å². The summed E-state index contributed by atoms with van der Waals surface area (Å²) in [5.41, 5.74) is 6.51. The first-order valence-electron chi connectivity index (χ1n) is 4.90. The van der Waals surface area contributed by atoms with Crippen LogP contribution in [0.3, 0.4) is 0 Å². The van der Waals surface area contributed by atoms with Gasteiger partial charge in [0.1, 0.15) is 9.84 Å². The van der Waals surface area contributed by atoms with Crippen molar-refractivity contribution in [3.8, 4) is 0 Å². The van der Waals surface area contributed by atoms with Gasteiger partial charge in [-0.25, -0.2) is 13.4 Å². The number of imidazole rings is 1. The minimum absolute atomic E-state index is 0.216. The van der Waals surface area contributed by atoms with Crippen LogP contribution in [0.4, 0.5) is 0 Å². The lowest BCUT2D eigenvalue weighted by atomic mass is 10.3. The number of hydrogen-bond acceptors (Lipinski definition) is 4. The van der Waals surface area contributed by atoms with E-state index in [4.69, 9.17) is 5.73 Å². The zero-order valence-electron chi connectivity index (χ0n) is 8.89. The van der Waals surface area contributed by atoms with Crippen LogP contribution in [0.1, 0.15) is 12.1 Å². The summed E-state index contributed by atoms with van der Waals surface area (Å²) in [6, 6.07) is 0. The van der Waals surface area contributed by atoms with Gasteiger partial charge in [-0.3, -0.25) is 0 Å². The number of nitrogens with zero attached hydrogens (tertiary/aromatic N) is 2. The molecule has 0 unspecified atom stereocenters. The molecule has 6 heteroatoms. The third-order valence-corrected chi connectivity index (χ3v) is 3.14. The zero-order valence-corrected chi connectivity index (χ0v) is 9.70. The quantitative estimate of drug-likeness (QED) is 0.736. The summed E-state index contributed by atoms with van der Waals surface area (Å²) in [6.45, 7) is 1.26. The fourth-order valence-electron chi connectivity index (χ4n) is 1.40. The van der Waals surface area contributed by atoms with Crippen molar-refractivity contribution in [1.29, 1.82) is 0 Å². The summed E-state index contributed by atoms with van der Waals surface area (Å²) >= 11 is 0. The molecule has 0 aliphatic carbocycles. The molecule has 1 aromatic rings. The Morgan fingerprint density at radius 1 is 1.53 bits per heavy atom. The predicted octanol–water partition coefficient (Wildman–Crippen LogP) is -0.181. The SMILES string of the molecule is CS(=O)(=O)CCCn1cncc1CCN. The number of rotatable bonds is 6. The summed E-state index contributed by atoms with van der Waals surface area (Å²) in [5, 5.41) is 0. The lowest BCUT2D eigenvalue weighted by molar-refractivity contribution is 0.588. The molecule has 1 aromatic heterocycles. The van der Waals surface area contributed by atoms with E-state index in [0.717, 1.165) is 12.1 Å². The van der Waals surface area contributed by atoms with Gasteiger partial charge in [0.25, 0.3) is 0 Å². The molecule has 15 heavy (non-hydrogen) atoms. The van der Waals surface area contributed by atoms with Gasteiger partial charge in [-0.1, -0.05) is 0 Å². The van der Waals surface area contributed by atoms with Crippen LogP contribution < -0.4 is 5.73 Å². The lowest BCUT2D eigenvalue weighted by Crippen LogP contribution is -2.11. The molecule has 0 aliphatic heterocycles. The van der Waals surface area contributed by atoms with Gasteiger partial charge in [-0.15, -0.1) is 0 Å². The lowest BCUT2D eigenvalue weighted by Gasteiger charge is -2.06.